The van der Waals surface area contributed by atoms with Crippen molar-refractivity contribution in [2.75, 3.05) is 19.7 Å². The molecule has 2 aromatic rings. The van der Waals surface area contributed by atoms with Crippen LogP contribution in [0.5, 0.6) is 0 Å². The Hall–Kier alpha value is -2.01. The van der Waals surface area contributed by atoms with Crippen LogP contribution in [0, 0.1) is 6.92 Å². The SMILES string of the molecule is Cc1cccc2c(CCNC(=O)N3CCC[C@H]3CO)c[nH]c12. The molecule has 5 nitrogen and oxygen atoms in total. The van der Waals surface area contributed by atoms with Crippen LogP contribution in [-0.4, -0.2) is 46.8 Å². The van der Waals surface area contributed by atoms with Gasteiger partial charge in [-0.3, -0.25) is 0 Å². The van der Waals surface area contributed by atoms with Gasteiger partial charge in [-0.2, -0.15) is 0 Å². The number of nitrogens with zero attached hydrogens (tertiary/aromatic N) is 1. The smallest absolute Gasteiger partial charge is 0.317 e. The van der Waals surface area contributed by atoms with E-state index in [1.165, 1.54) is 22.0 Å². The minimum Gasteiger partial charge on any atom is -0.394 e. The lowest BCUT2D eigenvalue weighted by Gasteiger charge is -2.23. The van der Waals surface area contributed by atoms with Crippen molar-refractivity contribution in [3.8, 4) is 0 Å². The third-order valence-corrected chi connectivity index (χ3v) is 4.53. The first-order valence-corrected chi connectivity index (χ1v) is 7.91. The quantitative estimate of drug-likeness (QED) is 0.810. The summed E-state index contributed by atoms with van der Waals surface area (Å²) in [6.07, 6.45) is 4.69. The highest BCUT2D eigenvalue weighted by molar-refractivity contribution is 5.86. The van der Waals surface area contributed by atoms with Gasteiger partial charge >= 0.3 is 6.03 Å². The molecule has 1 fully saturated rings. The molecule has 5 heteroatoms. The molecule has 1 saturated heterocycles. The van der Waals surface area contributed by atoms with E-state index in [1.807, 2.05) is 6.20 Å². The summed E-state index contributed by atoms with van der Waals surface area (Å²) in [6, 6.07) is 6.18. The summed E-state index contributed by atoms with van der Waals surface area (Å²) >= 11 is 0. The maximum absolute atomic E-state index is 12.2. The predicted octanol–water partition coefficient (Wildman–Crippen LogP) is 2.19. The van der Waals surface area contributed by atoms with Crippen molar-refractivity contribution in [2.45, 2.75) is 32.2 Å². The van der Waals surface area contributed by atoms with E-state index in [2.05, 4.69) is 35.4 Å². The van der Waals surface area contributed by atoms with Gasteiger partial charge in [0.05, 0.1) is 12.6 Å². The summed E-state index contributed by atoms with van der Waals surface area (Å²) < 4.78 is 0. The van der Waals surface area contributed by atoms with Crippen molar-refractivity contribution in [1.29, 1.82) is 0 Å². The molecule has 0 aliphatic carbocycles. The number of aromatic nitrogens is 1. The second kappa shape index (κ2) is 6.40. The highest BCUT2D eigenvalue weighted by Crippen LogP contribution is 2.21. The zero-order valence-corrected chi connectivity index (χ0v) is 12.9. The normalized spacial score (nSPS) is 18.1. The minimum absolute atomic E-state index is 0.0178. The Balaban J connectivity index is 1.58. The zero-order chi connectivity index (χ0) is 15.5. The molecule has 0 spiro atoms. The molecule has 3 N–H and O–H groups in total. The fourth-order valence-corrected chi connectivity index (χ4v) is 3.27. The van der Waals surface area contributed by atoms with Crippen LogP contribution in [0.15, 0.2) is 24.4 Å². The third-order valence-electron chi connectivity index (χ3n) is 4.53. The van der Waals surface area contributed by atoms with Crippen LogP contribution in [0.2, 0.25) is 0 Å². The van der Waals surface area contributed by atoms with Crippen LogP contribution in [0.25, 0.3) is 10.9 Å². The van der Waals surface area contributed by atoms with Crippen molar-refractivity contribution in [3.05, 3.63) is 35.5 Å². The molecule has 0 unspecified atom stereocenters. The Kier molecular flexibility index (Phi) is 4.34. The number of rotatable bonds is 4. The van der Waals surface area contributed by atoms with Gasteiger partial charge in [-0.25, -0.2) is 4.79 Å². The number of aryl methyl sites for hydroxylation is 1. The van der Waals surface area contributed by atoms with Crippen molar-refractivity contribution in [1.82, 2.24) is 15.2 Å². The van der Waals surface area contributed by atoms with E-state index in [1.54, 1.807) is 4.90 Å². The van der Waals surface area contributed by atoms with E-state index in [0.717, 1.165) is 25.8 Å². The summed E-state index contributed by atoms with van der Waals surface area (Å²) in [5.74, 6) is 0. The number of hydrogen-bond acceptors (Lipinski definition) is 2. The number of carbonyl (C=O) groups excluding carboxylic acids is 1. The molecule has 22 heavy (non-hydrogen) atoms. The van der Waals surface area contributed by atoms with E-state index in [-0.39, 0.29) is 18.7 Å². The first-order valence-electron chi connectivity index (χ1n) is 7.91. The van der Waals surface area contributed by atoms with E-state index in [9.17, 15) is 9.90 Å². The molecule has 0 radical (unpaired) electrons. The number of amides is 2. The molecule has 3 rings (SSSR count). The molecule has 0 bridgehead atoms. The number of aliphatic hydroxyl groups is 1. The second-order valence-electron chi connectivity index (χ2n) is 5.97. The predicted molar refractivity (Wildman–Crippen MR) is 87.0 cm³/mol. The van der Waals surface area contributed by atoms with Gasteiger partial charge in [0.1, 0.15) is 0 Å². The molecular formula is C17H23N3O2. The number of urea groups is 1. The highest BCUT2D eigenvalue weighted by Gasteiger charge is 2.27. The number of aromatic amines is 1. The van der Waals surface area contributed by atoms with Gasteiger partial charge in [-0.1, -0.05) is 18.2 Å². The molecule has 1 aromatic heterocycles. The lowest BCUT2D eigenvalue weighted by molar-refractivity contribution is 0.157. The van der Waals surface area contributed by atoms with Gasteiger partial charge < -0.3 is 20.3 Å². The Morgan fingerprint density at radius 2 is 2.36 bits per heavy atom. The molecule has 2 amide bonds. The fourth-order valence-electron chi connectivity index (χ4n) is 3.27. The molecular weight excluding hydrogens is 278 g/mol. The second-order valence-corrected chi connectivity index (χ2v) is 5.97. The first kappa shape index (κ1) is 14.9. The molecule has 1 aliphatic heterocycles. The molecule has 2 heterocycles. The van der Waals surface area contributed by atoms with Crippen molar-refractivity contribution in [3.63, 3.8) is 0 Å². The molecule has 1 aliphatic rings. The number of fused-ring (bicyclic) bond motifs is 1. The van der Waals surface area contributed by atoms with E-state index >= 15 is 0 Å². The summed E-state index contributed by atoms with van der Waals surface area (Å²) in [6.45, 7) is 3.49. The highest BCUT2D eigenvalue weighted by atomic mass is 16.3. The monoisotopic (exact) mass is 301 g/mol. The van der Waals surface area contributed by atoms with Crippen molar-refractivity contribution in [2.24, 2.45) is 0 Å². The number of likely N-dealkylation sites (tertiary alicyclic amines) is 1. The van der Waals surface area contributed by atoms with Crippen LogP contribution in [0.4, 0.5) is 4.79 Å². The maximum atomic E-state index is 12.2. The lowest BCUT2D eigenvalue weighted by atomic mass is 10.1. The van der Waals surface area contributed by atoms with Gasteiger partial charge in [-0.05, 0) is 37.3 Å². The number of nitrogens with one attached hydrogen (secondary N) is 2. The summed E-state index contributed by atoms with van der Waals surface area (Å²) in [5.41, 5.74) is 3.62. The van der Waals surface area contributed by atoms with E-state index in [4.69, 9.17) is 0 Å². The van der Waals surface area contributed by atoms with Gasteiger partial charge in [0.2, 0.25) is 0 Å². The molecule has 1 aromatic carbocycles. The van der Waals surface area contributed by atoms with Crippen LogP contribution in [0.3, 0.4) is 0 Å². The number of aliphatic hydroxyl groups excluding tert-OH is 1. The lowest BCUT2D eigenvalue weighted by Crippen LogP contribution is -2.44. The number of hydrogen-bond donors (Lipinski definition) is 3. The van der Waals surface area contributed by atoms with Gasteiger partial charge in [0.25, 0.3) is 0 Å². The zero-order valence-electron chi connectivity index (χ0n) is 12.9. The van der Waals surface area contributed by atoms with E-state index < -0.39 is 0 Å². The van der Waals surface area contributed by atoms with Gasteiger partial charge in [-0.15, -0.1) is 0 Å². The molecule has 1 atom stereocenters. The average molecular weight is 301 g/mol. The number of para-hydroxylation sites is 1. The van der Waals surface area contributed by atoms with Crippen molar-refractivity contribution < 1.29 is 9.90 Å². The van der Waals surface area contributed by atoms with Crippen LogP contribution in [-0.2, 0) is 6.42 Å². The van der Waals surface area contributed by atoms with Gasteiger partial charge in [0, 0.05) is 30.2 Å². The van der Waals surface area contributed by atoms with E-state index in [0.29, 0.717) is 6.54 Å². The Bertz CT molecular complexity index is 665. The summed E-state index contributed by atoms with van der Waals surface area (Å²) in [7, 11) is 0. The van der Waals surface area contributed by atoms with Crippen LogP contribution < -0.4 is 5.32 Å². The number of benzene rings is 1. The Morgan fingerprint density at radius 1 is 1.50 bits per heavy atom. The molecule has 0 saturated carbocycles. The summed E-state index contributed by atoms with van der Waals surface area (Å²) in [5, 5.41) is 13.5. The van der Waals surface area contributed by atoms with Crippen LogP contribution in [0.1, 0.15) is 24.0 Å². The first-order chi connectivity index (χ1) is 10.7. The Labute approximate surface area is 130 Å². The number of carbonyl (C=O) groups is 1. The van der Waals surface area contributed by atoms with Gasteiger partial charge in [0.15, 0.2) is 0 Å². The topological polar surface area (TPSA) is 68.4 Å². The average Bonchev–Trinajstić information content (AvgIpc) is 3.14. The van der Waals surface area contributed by atoms with Crippen LogP contribution >= 0.6 is 0 Å². The van der Waals surface area contributed by atoms with Crippen molar-refractivity contribution >= 4 is 16.9 Å². The standard InChI is InChI=1S/C17H23N3O2/c1-12-4-2-6-15-13(10-19-16(12)15)7-8-18-17(22)20-9-3-5-14(20)11-21/h2,4,6,10,14,19,21H,3,5,7-9,11H2,1H3,(H,18,22)/t14-/m0/s1. The Morgan fingerprint density at radius 3 is 3.18 bits per heavy atom. The fraction of sp³-hybridized carbons (Fsp3) is 0.471. The number of H-pyrrole nitrogens is 1. The largest absolute Gasteiger partial charge is 0.394 e. The minimum atomic E-state index is -0.0624. The summed E-state index contributed by atoms with van der Waals surface area (Å²) in [4.78, 5) is 17.2. The molecule has 118 valence electrons. The maximum Gasteiger partial charge on any atom is 0.317 e. The third kappa shape index (κ3) is 2.81.